The highest BCUT2D eigenvalue weighted by atomic mass is 35.5. The van der Waals surface area contributed by atoms with E-state index in [1.807, 2.05) is 12.1 Å². The summed E-state index contributed by atoms with van der Waals surface area (Å²) in [6.07, 6.45) is -1.08. The van der Waals surface area contributed by atoms with Gasteiger partial charge in [0.2, 0.25) is 10.0 Å². The summed E-state index contributed by atoms with van der Waals surface area (Å²) >= 11 is 6.30. The van der Waals surface area contributed by atoms with Crippen molar-refractivity contribution < 1.29 is 17.2 Å². The lowest BCUT2D eigenvalue weighted by Gasteiger charge is -2.33. The number of fused-ring (bicyclic) bond motifs is 1. The molecule has 2 heterocycles. The lowest BCUT2D eigenvalue weighted by Crippen LogP contribution is -2.51. The highest BCUT2D eigenvalue weighted by molar-refractivity contribution is 7.89. The van der Waals surface area contributed by atoms with Gasteiger partial charge in [-0.15, -0.1) is 0 Å². The molecule has 1 aliphatic heterocycles. The van der Waals surface area contributed by atoms with Crippen molar-refractivity contribution in [1.82, 2.24) is 4.31 Å². The summed E-state index contributed by atoms with van der Waals surface area (Å²) in [5.74, 6) is 0.640. The molecule has 3 aromatic rings. The Labute approximate surface area is 155 Å². The number of nitrogens with two attached hydrogens (primary N) is 1. The second-order valence-electron chi connectivity index (χ2n) is 6.24. The largest absolute Gasteiger partial charge is 0.458 e. The molecule has 0 atom stereocenters. The maximum Gasteiger partial charge on any atom is 0.243 e. The van der Waals surface area contributed by atoms with E-state index in [0.29, 0.717) is 16.4 Å². The molecule has 1 fully saturated rings. The first-order valence-corrected chi connectivity index (χ1v) is 9.87. The zero-order valence-electron chi connectivity index (χ0n) is 13.7. The van der Waals surface area contributed by atoms with Gasteiger partial charge < -0.3 is 10.2 Å². The van der Waals surface area contributed by atoms with E-state index in [-0.39, 0.29) is 24.5 Å². The van der Waals surface area contributed by atoms with Gasteiger partial charge in [0.1, 0.15) is 11.9 Å². The third kappa shape index (κ3) is 2.91. The van der Waals surface area contributed by atoms with Crippen LogP contribution in [0.4, 0.5) is 4.39 Å². The van der Waals surface area contributed by atoms with Crippen molar-refractivity contribution >= 4 is 32.6 Å². The average Bonchev–Trinajstić information content (AvgIpc) is 3.03. The zero-order valence-corrected chi connectivity index (χ0v) is 15.2. The van der Waals surface area contributed by atoms with Crippen molar-refractivity contribution in [3.05, 3.63) is 53.2 Å². The van der Waals surface area contributed by atoms with Crippen LogP contribution in [0.5, 0.6) is 0 Å². The van der Waals surface area contributed by atoms with Gasteiger partial charge in [-0.3, -0.25) is 0 Å². The SMILES string of the molecule is NCc1cc2cc(-c3ccc(S(=O)(=O)N4CC(F)C4)cc3)cc(Cl)c2o1. The van der Waals surface area contributed by atoms with E-state index < -0.39 is 16.2 Å². The molecule has 2 aromatic carbocycles. The van der Waals surface area contributed by atoms with Crippen LogP contribution in [-0.2, 0) is 16.6 Å². The Bertz CT molecular complexity index is 1070. The number of sulfonamides is 1. The summed E-state index contributed by atoms with van der Waals surface area (Å²) in [6.45, 7) is 0.115. The van der Waals surface area contributed by atoms with Crippen molar-refractivity contribution in [2.45, 2.75) is 17.6 Å². The highest BCUT2D eigenvalue weighted by Gasteiger charge is 2.36. The van der Waals surface area contributed by atoms with Crippen molar-refractivity contribution in [3.8, 4) is 11.1 Å². The van der Waals surface area contributed by atoms with Crippen LogP contribution in [0, 0.1) is 0 Å². The second kappa shape index (κ2) is 6.35. The molecule has 0 aliphatic carbocycles. The Morgan fingerprint density at radius 2 is 1.85 bits per heavy atom. The number of hydrogen-bond donors (Lipinski definition) is 1. The highest BCUT2D eigenvalue weighted by Crippen LogP contribution is 2.33. The van der Waals surface area contributed by atoms with Crippen LogP contribution < -0.4 is 5.73 Å². The lowest BCUT2D eigenvalue weighted by atomic mass is 10.0. The molecule has 0 unspecified atom stereocenters. The molecule has 0 radical (unpaired) electrons. The summed E-state index contributed by atoms with van der Waals surface area (Å²) in [4.78, 5) is 0.147. The van der Waals surface area contributed by atoms with E-state index in [9.17, 15) is 12.8 Å². The van der Waals surface area contributed by atoms with Crippen LogP contribution in [0.1, 0.15) is 5.76 Å². The fourth-order valence-electron chi connectivity index (χ4n) is 2.98. The summed E-state index contributed by atoms with van der Waals surface area (Å²) < 4.78 is 44.4. The lowest BCUT2D eigenvalue weighted by molar-refractivity contribution is 0.141. The molecule has 1 aliphatic rings. The van der Waals surface area contributed by atoms with Crippen LogP contribution in [-0.4, -0.2) is 32.0 Å². The van der Waals surface area contributed by atoms with Crippen molar-refractivity contribution in [1.29, 1.82) is 0 Å². The molecular weight excluding hydrogens is 379 g/mol. The minimum absolute atomic E-state index is 0.0830. The second-order valence-corrected chi connectivity index (χ2v) is 8.58. The van der Waals surface area contributed by atoms with Crippen LogP contribution >= 0.6 is 11.6 Å². The molecule has 2 N–H and O–H groups in total. The average molecular weight is 395 g/mol. The fourth-order valence-corrected chi connectivity index (χ4v) is 4.74. The molecule has 5 nitrogen and oxygen atoms in total. The molecule has 8 heteroatoms. The van der Waals surface area contributed by atoms with Crippen molar-refractivity contribution in [2.24, 2.45) is 5.73 Å². The van der Waals surface area contributed by atoms with E-state index in [4.69, 9.17) is 21.8 Å². The molecule has 0 spiro atoms. The maximum atomic E-state index is 13.0. The number of benzene rings is 2. The normalized spacial score (nSPS) is 16.1. The summed E-state index contributed by atoms with van der Waals surface area (Å²) in [6, 6.07) is 12.0. The van der Waals surface area contributed by atoms with E-state index in [0.717, 1.165) is 20.8 Å². The fraction of sp³-hybridized carbons (Fsp3) is 0.222. The van der Waals surface area contributed by atoms with Gasteiger partial charge in [-0.1, -0.05) is 23.7 Å². The van der Waals surface area contributed by atoms with Crippen LogP contribution in [0.3, 0.4) is 0 Å². The molecule has 136 valence electrons. The Kier molecular flexibility index (Phi) is 4.27. The van der Waals surface area contributed by atoms with Gasteiger partial charge in [0, 0.05) is 18.5 Å². The molecule has 0 amide bonds. The third-order valence-corrected chi connectivity index (χ3v) is 6.58. The number of hydrogen-bond acceptors (Lipinski definition) is 4. The Morgan fingerprint density at radius 1 is 1.15 bits per heavy atom. The number of nitrogens with zero attached hydrogens (tertiary/aromatic N) is 1. The van der Waals surface area contributed by atoms with Gasteiger partial charge >= 0.3 is 0 Å². The quantitative estimate of drug-likeness (QED) is 0.734. The Balaban J connectivity index is 1.68. The number of rotatable bonds is 4. The van der Waals surface area contributed by atoms with Gasteiger partial charge in [0.15, 0.2) is 5.58 Å². The zero-order chi connectivity index (χ0) is 18.5. The van der Waals surface area contributed by atoms with Crippen LogP contribution in [0.25, 0.3) is 22.1 Å². The van der Waals surface area contributed by atoms with Gasteiger partial charge in [-0.05, 0) is 41.5 Å². The first kappa shape index (κ1) is 17.5. The molecule has 1 saturated heterocycles. The smallest absolute Gasteiger partial charge is 0.243 e. The maximum absolute atomic E-state index is 13.0. The molecule has 4 rings (SSSR count). The molecule has 26 heavy (non-hydrogen) atoms. The van der Waals surface area contributed by atoms with E-state index in [1.54, 1.807) is 18.2 Å². The van der Waals surface area contributed by atoms with E-state index >= 15 is 0 Å². The number of alkyl halides is 1. The standard InChI is InChI=1S/C18H16ClFN2O3S/c19-17-7-12(5-13-6-15(8-21)25-18(13)17)11-1-3-16(4-2-11)26(23,24)22-9-14(20)10-22/h1-7,14H,8-10,21H2. The van der Waals surface area contributed by atoms with Gasteiger partial charge in [0.25, 0.3) is 0 Å². The first-order chi connectivity index (χ1) is 12.4. The van der Waals surface area contributed by atoms with Crippen molar-refractivity contribution in [2.75, 3.05) is 13.1 Å². The molecule has 0 saturated carbocycles. The minimum atomic E-state index is -3.64. The third-order valence-electron chi connectivity index (χ3n) is 4.45. The molecule has 1 aromatic heterocycles. The number of furan rings is 1. The topological polar surface area (TPSA) is 76.5 Å². The molecular formula is C18H16ClFN2O3S. The van der Waals surface area contributed by atoms with Crippen LogP contribution in [0.2, 0.25) is 5.02 Å². The summed E-state index contributed by atoms with van der Waals surface area (Å²) in [5, 5.41) is 1.29. The van der Waals surface area contributed by atoms with Crippen molar-refractivity contribution in [3.63, 3.8) is 0 Å². The first-order valence-electron chi connectivity index (χ1n) is 8.05. The number of halogens is 2. The van der Waals surface area contributed by atoms with Gasteiger partial charge in [-0.2, -0.15) is 4.31 Å². The molecule has 0 bridgehead atoms. The van der Waals surface area contributed by atoms with E-state index in [2.05, 4.69) is 0 Å². The summed E-state index contributed by atoms with van der Waals surface area (Å²) in [5.41, 5.74) is 7.83. The van der Waals surface area contributed by atoms with E-state index in [1.165, 1.54) is 12.1 Å². The van der Waals surface area contributed by atoms with Gasteiger partial charge in [-0.25, -0.2) is 12.8 Å². The van der Waals surface area contributed by atoms with Crippen LogP contribution in [0.15, 0.2) is 51.8 Å². The summed E-state index contributed by atoms with van der Waals surface area (Å²) in [7, 11) is -3.64. The predicted molar refractivity (Wildman–Crippen MR) is 98.2 cm³/mol. The Morgan fingerprint density at radius 3 is 2.46 bits per heavy atom. The minimum Gasteiger partial charge on any atom is -0.458 e. The van der Waals surface area contributed by atoms with Gasteiger partial charge in [0.05, 0.1) is 16.5 Å². The predicted octanol–water partition coefficient (Wildman–Crippen LogP) is 3.55. The monoisotopic (exact) mass is 394 g/mol. The Hall–Kier alpha value is -1.93.